The number of rotatable bonds is 3. The quantitative estimate of drug-likeness (QED) is 0.751. The molecule has 3 rings (SSSR count). The number of hydrogen-bond donors (Lipinski definition) is 1. The van der Waals surface area contributed by atoms with Crippen molar-refractivity contribution in [3.05, 3.63) is 58.4 Å². The first-order valence-electron chi connectivity index (χ1n) is 6.90. The molecule has 1 aromatic heterocycles. The SMILES string of the molecule is COC(=O)c1c(OC)ccc2nc(-c3ccccc3)c(=O)[nH]c12. The van der Waals surface area contributed by atoms with E-state index in [-0.39, 0.29) is 11.1 Å². The Morgan fingerprint density at radius 3 is 2.48 bits per heavy atom. The molecule has 0 saturated carbocycles. The van der Waals surface area contributed by atoms with Gasteiger partial charge in [-0.05, 0) is 12.1 Å². The van der Waals surface area contributed by atoms with Crippen LogP contribution in [0.15, 0.2) is 47.3 Å². The van der Waals surface area contributed by atoms with Gasteiger partial charge in [-0.3, -0.25) is 4.79 Å². The number of carbonyl (C=O) groups is 1. The lowest BCUT2D eigenvalue weighted by Crippen LogP contribution is -2.15. The van der Waals surface area contributed by atoms with Crippen LogP contribution in [0.5, 0.6) is 5.75 Å². The molecule has 1 N–H and O–H groups in total. The van der Waals surface area contributed by atoms with Crippen LogP contribution in [0.2, 0.25) is 0 Å². The number of aromatic amines is 1. The van der Waals surface area contributed by atoms with Gasteiger partial charge in [0.1, 0.15) is 17.0 Å². The molecule has 2 aromatic carbocycles. The number of fused-ring (bicyclic) bond motifs is 1. The third-order valence-electron chi connectivity index (χ3n) is 3.49. The zero-order chi connectivity index (χ0) is 16.4. The Balaban J connectivity index is 2.31. The molecule has 6 heteroatoms. The van der Waals surface area contributed by atoms with Gasteiger partial charge in [-0.1, -0.05) is 30.3 Å². The molecule has 0 unspecified atom stereocenters. The fourth-order valence-electron chi connectivity index (χ4n) is 2.40. The fraction of sp³-hybridized carbons (Fsp3) is 0.118. The molecular weight excluding hydrogens is 296 g/mol. The van der Waals surface area contributed by atoms with E-state index in [1.807, 2.05) is 18.2 Å². The van der Waals surface area contributed by atoms with Crippen LogP contribution in [0.1, 0.15) is 10.4 Å². The molecule has 0 spiro atoms. The van der Waals surface area contributed by atoms with Crippen molar-refractivity contribution < 1.29 is 14.3 Å². The van der Waals surface area contributed by atoms with Crippen molar-refractivity contribution >= 4 is 17.0 Å². The summed E-state index contributed by atoms with van der Waals surface area (Å²) in [6.45, 7) is 0. The van der Waals surface area contributed by atoms with E-state index in [9.17, 15) is 9.59 Å². The lowest BCUT2D eigenvalue weighted by molar-refractivity contribution is 0.0599. The normalized spacial score (nSPS) is 10.5. The number of nitrogens with zero attached hydrogens (tertiary/aromatic N) is 1. The van der Waals surface area contributed by atoms with E-state index in [0.717, 1.165) is 0 Å². The molecule has 3 aromatic rings. The molecule has 0 radical (unpaired) electrons. The van der Waals surface area contributed by atoms with Crippen LogP contribution < -0.4 is 10.3 Å². The minimum Gasteiger partial charge on any atom is -0.496 e. The van der Waals surface area contributed by atoms with E-state index >= 15 is 0 Å². The third-order valence-corrected chi connectivity index (χ3v) is 3.49. The largest absolute Gasteiger partial charge is 0.496 e. The predicted molar refractivity (Wildman–Crippen MR) is 85.7 cm³/mol. The maximum Gasteiger partial charge on any atom is 0.343 e. The smallest absolute Gasteiger partial charge is 0.343 e. The summed E-state index contributed by atoms with van der Waals surface area (Å²) in [6, 6.07) is 12.4. The zero-order valence-electron chi connectivity index (χ0n) is 12.6. The number of benzene rings is 2. The number of aromatic nitrogens is 2. The van der Waals surface area contributed by atoms with Crippen molar-refractivity contribution in [3.8, 4) is 17.0 Å². The van der Waals surface area contributed by atoms with Gasteiger partial charge >= 0.3 is 5.97 Å². The van der Waals surface area contributed by atoms with E-state index in [0.29, 0.717) is 28.0 Å². The molecule has 0 bridgehead atoms. The van der Waals surface area contributed by atoms with Gasteiger partial charge in [0.2, 0.25) is 0 Å². The van der Waals surface area contributed by atoms with Gasteiger partial charge in [0.15, 0.2) is 0 Å². The second-order valence-corrected chi connectivity index (χ2v) is 4.81. The van der Waals surface area contributed by atoms with Crippen LogP contribution in [0.3, 0.4) is 0 Å². The Morgan fingerprint density at radius 1 is 1.09 bits per heavy atom. The molecule has 116 valence electrons. The third kappa shape index (κ3) is 2.55. The molecule has 0 fully saturated rings. The van der Waals surface area contributed by atoms with Crippen molar-refractivity contribution in [3.63, 3.8) is 0 Å². The van der Waals surface area contributed by atoms with Gasteiger partial charge in [-0.15, -0.1) is 0 Å². The summed E-state index contributed by atoms with van der Waals surface area (Å²) >= 11 is 0. The van der Waals surface area contributed by atoms with Crippen LogP contribution in [0, 0.1) is 0 Å². The highest BCUT2D eigenvalue weighted by Gasteiger charge is 2.19. The van der Waals surface area contributed by atoms with Gasteiger partial charge in [0.05, 0.1) is 25.3 Å². The molecular formula is C17H14N2O4. The molecule has 0 atom stereocenters. The maximum atomic E-state index is 12.4. The molecule has 0 amide bonds. The highest BCUT2D eigenvalue weighted by molar-refractivity contribution is 6.04. The average Bonchev–Trinajstić information content (AvgIpc) is 2.60. The summed E-state index contributed by atoms with van der Waals surface area (Å²) in [4.78, 5) is 31.5. The van der Waals surface area contributed by atoms with Crippen LogP contribution in [0.25, 0.3) is 22.3 Å². The molecule has 0 aliphatic heterocycles. The van der Waals surface area contributed by atoms with E-state index in [4.69, 9.17) is 9.47 Å². The number of methoxy groups -OCH3 is 2. The van der Waals surface area contributed by atoms with Crippen molar-refractivity contribution in [2.24, 2.45) is 0 Å². The number of carbonyl (C=O) groups excluding carboxylic acids is 1. The highest BCUT2D eigenvalue weighted by atomic mass is 16.5. The molecule has 23 heavy (non-hydrogen) atoms. The number of hydrogen-bond acceptors (Lipinski definition) is 5. The summed E-state index contributed by atoms with van der Waals surface area (Å²) in [5.41, 5.74) is 1.52. The van der Waals surface area contributed by atoms with E-state index in [2.05, 4.69) is 9.97 Å². The maximum absolute atomic E-state index is 12.4. The second-order valence-electron chi connectivity index (χ2n) is 4.81. The van der Waals surface area contributed by atoms with Crippen molar-refractivity contribution in [2.75, 3.05) is 14.2 Å². The number of H-pyrrole nitrogens is 1. The second kappa shape index (κ2) is 5.92. The monoisotopic (exact) mass is 310 g/mol. The fourth-order valence-corrected chi connectivity index (χ4v) is 2.40. The first kappa shape index (κ1) is 14.8. The molecule has 0 aliphatic rings. The van der Waals surface area contributed by atoms with E-state index < -0.39 is 5.97 Å². The summed E-state index contributed by atoms with van der Waals surface area (Å²) < 4.78 is 9.95. The summed E-state index contributed by atoms with van der Waals surface area (Å²) in [5, 5.41) is 0. The number of nitrogens with one attached hydrogen (secondary N) is 1. The predicted octanol–water partition coefficient (Wildman–Crippen LogP) is 2.39. The number of ether oxygens (including phenoxy) is 2. The van der Waals surface area contributed by atoms with Crippen LogP contribution in [-0.4, -0.2) is 30.2 Å². The van der Waals surface area contributed by atoms with Crippen molar-refractivity contribution in [1.82, 2.24) is 9.97 Å². The minimum absolute atomic E-state index is 0.150. The Bertz CT molecular complexity index is 932. The van der Waals surface area contributed by atoms with Gasteiger partial charge in [-0.25, -0.2) is 9.78 Å². The lowest BCUT2D eigenvalue weighted by Gasteiger charge is -2.10. The van der Waals surface area contributed by atoms with Crippen LogP contribution in [-0.2, 0) is 4.74 Å². The first-order chi connectivity index (χ1) is 11.2. The first-order valence-corrected chi connectivity index (χ1v) is 6.90. The van der Waals surface area contributed by atoms with E-state index in [1.165, 1.54) is 14.2 Å². The lowest BCUT2D eigenvalue weighted by atomic mass is 10.1. The Hall–Kier alpha value is -3.15. The highest BCUT2D eigenvalue weighted by Crippen LogP contribution is 2.26. The Kier molecular flexibility index (Phi) is 3.80. The van der Waals surface area contributed by atoms with Gasteiger partial charge in [0, 0.05) is 5.56 Å². The topological polar surface area (TPSA) is 81.3 Å². The number of esters is 1. The molecule has 1 heterocycles. The summed E-state index contributed by atoms with van der Waals surface area (Å²) in [5.74, 6) is -0.286. The summed E-state index contributed by atoms with van der Waals surface area (Å²) in [6.07, 6.45) is 0. The van der Waals surface area contributed by atoms with E-state index in [1.54, 1.807) is 24.3 Å². The molecule has 0 saturated heterocycles. The van der Waals surface area contributed by atoms with Crippen molar-refractivity contribution in [2.45, 2.75) is 0 Å². The minimum atomic E-state index is -0.600. The van der Waals surface area contributed by atoms with Gasteiger partial charge < -0.3 is 14.5 Å². The standard InChI is InChI=1S/C17H14N2O4/c1-22-12-9-8-11-15(13(12)17(21)23-2)19-16(20)14(18-11)10-6-4-3-5-7-10/h3-9H,1-2H3,(H,19,20). The Labute approximate surface area is 131 Å². The van der Waals surface area contributed by atoms with Crippen LogP contribution in [0.4, 0.5) is 0 Å². The zero-order valence-corrected chi connectivity index (χ0v) is 12.6. The van der Waals surface area contributed by atoms with Gasteiger partial charge in [0.25, 0.3) is 5.56 Å². The molecule has 6 nitrogen and oxygen atoms in total. The summed E-state index contributed by atoms with van der Waals surface area (Å²) in [7, 11) is 2.71. The van der Waals surface area contributed by atoms with Gasteiger partial charge in [-0.2, -0.15) is 0 Å². The average molecular weight is 310 g/mol. The molecule has 0 aliphatic carbocycles. The van der Waals surface area contributed by atoms with Crippen molar-refractivity contribution in [1.29, 1.82) is 0 Å². The van der Waals surface area contributed by atoms with Crippen LogP contribution >= 0.6 is 0 Å². The Morgan fingerprint density at radius 2 is 1.83 bits per heavy atom.